The van der Waals surface area contributed by atoms with E-state index in [1.54, 1.807) is 0 Å². The molecular weight excluding hydrogens is 160 g/mol. The van der Waals surface area contributed by atoms with Crippen molar-refractivity contribution < 1.29 is 0 Å². The molecule has 0 saturated carbocycles. The normalized spacial score (nSPS) is 11.2. The molecule has 0 amide bonds. The predicted octanol–water partition coefficient (Wildman–Crippen LogP) is 2.09. The minimum Gasteiger partial charge on any atom is -0.301 e. The van der Waals surface area contributed by atoms with E-state index in [2.05, 4.69) is 44.6 Å². The first kappa shape index (κ1) is 12.7. The lowest BCUT2D eigenvalue weighted by atomic mass is 10.1. The van der Waals surface area contributed by atoms with E-state index in [9.17, 15) is 0 Å². The van der Waals surface area contributed by atoms with Gasteiger partial charge in [-0.3, -0.25) is 4.90 Å². The number of nitrogens with zero attached hydrogens (tertiary/aromatic N) is 1. The van der Waals surface area contributed by atoms with Gasteiger partial charge in [0.15, 0.2) is 0 Å². The summed E-state index contributed by atoms with van der Waals surface area (Å²) in [5.41, 5.74) is 1.28. The zero-order valence-electron chi connectivity index (χ0n) is 9.56. The van der Waals surface area contributed by atoms with Crippen LogP contribution in [0.25, 0.3) is 0 Å². The van der Waals surface area contributed by atoms with E-state index in [0.29, 0.717) is 5.92 Å². The Morgan fingerprint density at radius 1 is 1.46 bits per heavy atom. The predicted molar refractivity (Wildman–Crippen MR) is 59.8 cm³/mol. The molecule has 0 aliphatic carbocycles. The third-order valence-corrected chi connectivity index (χ3v) is 2.16. The fraction of sp³-hybridized carbons (Fsp3) is 0.818. The highest BCUT2D eigenvalue weighted by Gasteiger charge is 2.00. The van der Waals surface area contributed by atoms with E-state index < -0.39 is 0 Å². The van der Waals surface area contributed by atoms with E-state index in [0.717, 1.165) is 19.8 Å². The second-order valence-corrected chi connectivity index (χ2v) is 3.98. The van der Waals surface area contributed by atoms with Crippen LogP contribution in [-0.4, -0.2) is 31.7 Å². The van der Waals surface area contributed by atoms with Gasteiger partial charge in [-0.25, -0.2) is 0 Å². The van der Waals surface area contributed by atoms with Crippen LogP contribution in [-0.2, 0) is 0 Å². The van der Waals surface area contributed by atoms with Crippen LogP contribution in [0.2, 0.25) is 0 Å². The first-order chi connectivity index (χ1) is 6.07. The summed E-state index contributed by atoms with van der Waals surface area (Å²) in [7, 11) is 2.13. The van der Waals surface area contributed by atoms with Crippen molar-refractivity contribution in [1.82, 2.24) is 10.2 Å². The second kappa shape index (κ2) is 7.10. The molecule has 0 aliphatic heterocycles. The van der Waals surface area contributed by atoms with Gasteiger partial charge in [0.1, 0.15) is 0 Å². The van der Waals surface area contributed by atoms with Gasteiger partial charge in [0, 0.05) is 13.2 Å². The fourth-order valence-electron chi connectivity index (χ4n) is 1.07. The summed E-state index contributed by atoms with van der Waals surface area (Å²) in [6, 6.07) is 0. The van der Waals surface area contributed by atoms with Gasteiger partial charge < -0.3 is 5.32 Å². The van der Waals surface area contributed by atoms with Crippen molar-refractivity contribution in [1.29, 1.82) is 0 Å². The Bertz CT molecular complexity index is 141. The van der Waals surface area contributed by atoms with Gasteiger partial charge in [0.05, 0.1) is 0 Å². The van der Waals surface area contributed by atoms with Crippen LogP contribution in [0.15, 0.2) is 12.2 Å². The maximum absolute atomic E-state index is 4.02. The molecule has 0 atom stereocenters. The SMILES string of the molecule is C=C(CNCN(C)CCC)C(C)C. The molecule has 0 rings (SSSR count). The smallest absolute Gasteiger partial charge is 0.0480 e. The maximum atomic E-state index is 4.02. The molecule has 0 aromatic carbocycles. The summed E-state index contributed by atoms with van der Waals surface area (Å²) in [4.78, 5) is 2.29. The lowest BCUT2D eigenvalue weighted by Gasteiger charge is -2.17. The Balaban J connectivity index is 3.39. The minimum absolute atomic E-state index is 0.587. The molecular formula is C11H24N2. The summed E-state index contributed by atoms with van der Waals surface area (Å²) in [5.74, 6) is 0.587. The molecule has 13 heavy (non-hydrogen) atoms. The van der Waals surface area contributed by atoms with Crippen LogP contribution < -0.4 is 5.32 Å². The van der Waals surface area contributed by atoms with Gasteiger partial charge in [0.2, 0.25) is 0 Å². The van der Waals surface area contributed by atoms with E-state index in [1.165, 1.54) is 12.0 Å². The molecule has 1 N–H and O–H groups in total. The summed E-state index contributed by atoms with van der Waals surface area (Å²) >= 11 is 0. The standard InChI is InChI=1S/C11H24N2/c1-6-7-13(5)9-12-8-11(4)10(2)3/h10,12H,4,6-9H2,1-3,5H3. The van der Waals surface area contributed by atoms with Gasteiger partial charge in [-0.1, -0.05) is 32.9 Å². The Hall–Kier alpha value is -0.340. The lowest BCUT2D eigenvalue weighted by Crippen LogP contribution is -2.33. The van der Waals surface area contributed by atoms with Crippen molar-refractivity contribution in [2.45, 2.75) is 27.2 Å². The van der Waals surface area contributed by atoms with Crippen molar-refractivity contribution in [2.24, 2.45) is 5.92 Å². The molecule has 0 aromatic heterocycles. The maximum Gasteiger partial charge on any atom is 0.0480 e. The number of rotatable bonds is 7. The molecule has 0 heterocycles. The molecule has 0 aliphatic rings. The second-order valence-electron chi connectivity index (χ2n) is 3.98. The average Bonchev–Trinajstić information content (AvgIpc) is 2.04. The first-order valence-electron chi connectivity index (χ1n) is 5.14. The Morgan fingerprint density at radius 3 is 2.54 bits per heavy atom. The molecule has 78 valence electrons. The van der Waals surface area contributed by atoms with Crippen molar-refractivity contribution in [3.8, 4) is 0 Å². The Kier molecular flexibility index (Phi) is 6.92. The van der Waals surface area contributed by atoms with Crippen LogP contribution in [0.1, 0.15) is 27.2 Å². The van der Waals surface area contributed by atoms with E-state index in [-0.39, 0.29) is 0 Å². The largest absolute Gasteiger partial charge is 0.301 e. The monoisotopic (exact) mass is 184 g/mol. The zero-order valence-corrected chi connectivity index (χ0v) is 9.56. The van der Waals surface area contributed by atoms with E-state index >= 15 is 0 Å². The highest BCUT2D eigenvalue weighted by molar-refractivity contribution is 4.99. The van der Waals surface area contributed by atoms with Gasteiger partial charge in [-0.05, 0) is 25.9 Å². The molecule has 0 spiro atoms. The van der Waals surface area contributed by atoms with Gasteiger partial charge in [0.25, 0.3) is 0 Å². The summed E-state index contributed by atoms with van der Waals surface area (Å²) in [6.45, 7) is 13.6. The van der Waals surface area contributed by atoms with Gasteiger partial charge in [-0.2, -0.15) is 0 Å². The van der Waals surface area contributed by atoms with Crippen LogP contribution >= 0.6 is 0 Å². The summed E-state index contributed by atoms with van der Waals surface area (Å²) in [6.07, 6.45) is 1.21. The lowest BCUT2D eigenvalue weighted by molar-refractivity contribution is 0.310. The Labute approximate surface area is 83.0 Å². The Morgan fingerprint density at radius 2 is 2.08 bits per heavy atom. The molecule has 0 radical (unpaired) electrons. The summed E-state index contributed by atoms with van der Waals surface area (Å²) in [5, 5.41) is 3.38. The molecule has 0 unspecified atom stereocenters. The number of nitrogens with one attached hydrogen (secondary N) is 1. The molecule has 0 fully saturated rings. The number of hydrogen-bond acceptors (Lipinski definition) is 2. The molecule has 0 saturated heterocycles. The molecule has 0 aromatic rings. The van der Waals surface area contributed by atoms with Gasteiger partial charge in [-0.15, -0.1) is 0 Å². The minimum atomic E-state index is 0.587. The fourth-order valence-corrected chi connectivity index (χ4v) is 1.07. The summed E-state index contributed by atoms with van der Waals surface area (Å²) < 4.78 is 0. The average molecular weight is 184 g/mol. The topological polar surface area (TPSA) is 15.3 Å². The third-order valence-electron chi connectivity index (χ3n) is 2.16. The van der Waals surface area contributed by atoms with Crippen LogP contribution in [0.5, 0.6) is 0 Å². The van der Waals surface area contributed by atoms with E-state index in [1.807, 2.05) is 0 Å². The molecule has 0 bridgehead atoms. The van der Waals surface area contributed by atoms with Crippen molar-refractivity contribution in [3.63, 3.8) is 0 Å². The first-order valence-corrected chi connectivity index (χ1v) is 5.14. The highest BCUT2D eigenvalue weighted by Crippen LogP contribution is 2.03. The third kappa shape index (κ3) is 6.79. The van der Waals surface area contributed by atoms with Crippen molar-refractivity contribution >= 4 is 0 Å². The van der Waals surface area contributed by atoms with Crippen LogP contribution in [0.4, 0.5) is 0 Å². The zero-order chi connectivity index (χ0) is 10.3. The molecule has 2 heteroatoms. The van der Waals surface area contributed by atoms with Crippen molar-refractivity contribution in [2.75, 3.05) is 26.8 Å². The van der Waals surface area contributed by atoms with Crippen LogP contribution in [0, 0.1) is 5.92 Å². The van der Waals surface area contributed by atoms with Crippen molar-refractivity contribution in [3.05, 3.63) is 12.2 Å². The number of hydrogen-bond donors (Lipinski definition) is 1. The quantitative estimate of drug-likeness (QED) is 0.481. The highest BCUT2D eigenvalue weighted by atomic mass is 15.2. The van der Waals surface area contributed by atoms with Gasteiger partial charge >= 0.3 is 0 Å². The van der Waals surface area contributed by atoms with E-state index in [4.69, 9.17) is 0 Å². The van der Waals surface area contributed by atoms with Crippen LogP contribution in [0.3, 0.4) is 0 Å². The molecule has 2 nitrogen and oxygen atoms in total.